The van der Waals surface area contributed by atoms with E-state index in [1.807, 2.05) is 48.7 Å². The van der Waals surface area contributed by atoms with Gasteiger partial charge in [-0.15, -0.1) is 0 Å². The van der Waals surface area contributed by atoms with Crippen molar-refractivity contribution in [3.63, 3.8) is 0 Å². The lowest BCUT2D eigenvalue weighted by molar-refractivity contribution is -0.127. The minimum atomic E-state index is -0.593. The average Bonchev–Trinajstić information content (AvgIpc) is 3.15. The Bertz CT molecular complexity index is 904. The van der Waals surface area contributed by atoms with Crippen molar-refractivity contribution in [3.8, 4) is 0 Å². The molecule has 1 saturated heterocycles. The minimum absolute atomic E-state index is 0.242. The van der Waals surface area contributed by atoms with E-state index in [1.165, 1.54) is 0 Å². The minimum Gasteiger partial charge on any atom is -0.383 e. The van der Waals surface area contributed by atoms with E-state index in [4.69, 9.17) is 4.74 Å². The lowest BCUT2D eigenvalue weighted by Gasteiger charge is -2.13. The second-order valence-corrected chi connectivity index (χ2v) is 7.30. The number of urea groups is 1. The smallest absolute Gasteiger partial charge is 0.325 e. The predicted octanol–water partition coefficient (Wildman–Crippen LogP) is 2.49. The van der Waals surface area contributed by atoms with Crippen molar-refractivity contribution >= 4 is 17.7 Å². The summed E-state index contributed by atoms with van der Waals surface area (Å²) in [5.74, 6) is -0.582. The molecule has 0 saturated carbocycles. The monoisotopic (exact) mass is 397 g/mol. The maximum absolute atomic E-state index is 12.8. The molecule has 0 radical (unpaired) electrons. The van der Waals surface area contributed by atoms with Crippen LogP contribution in [0.15, 0.2) is 36.4 Å². The molecule has 0 spiro atoms. The van der Waals surface area contributed by atoms with Gasteiger partial charge in [0, 0.05) is 30.6 Å². The Balaban J connectivity index is 1.64. The van der Waals surface area contributed by atoms with Gasteiger partial charge in [0.25, 0.3) is 5.91 Å². The molecule has 7 heteroatoms. The van der Waals surface area contributed by atoms with Gasteiger partial charge in [0.05, 0.1) is 13.2 Å². The van der Waals surface area contributed by atoms with Crippen LogP contribution in [0.5, 0.6) is 0 Å². The van der Waals surface area contributed by atoms with Gasteiger partial charge in [-0.25, -0.2) is 4.79 Å². The van der Waals surface area contributed by atoms with Crippen molar-refractivity contribution in [3.05, 3.63) is 58.9 Å². The van der Waals surface area contributed by atoms with E-state index in [9.17, 15) is 14.4 Å². The molecule has 1 N–H and O–H groups in total. The number of aryl methyl sites for hydroxylation is 2. The molecular weight excluding hydrogens is 370 g/mol. The Hall–Kier alpha value is -2.93. The number of hydrogen-bond acceptors (Lipinski definition) is 4. The van der Waals surface area contributed by atoms with Crippen molar-refractivity contribution in [1.82, 2.24) is 14.8 Å². The maximum Gasteiger partial charge on any atom is 0.325 e. The third-order valence-electron chi connectivity index (χ3n) is 5.37. The van der Waals surface area contributed by atoms with E-state index < -0.39 is 12.1 Å². The molecule has 0 bridgehead atoms. The first-order chi connectivity index (χ1) is 13.9. The maximum atomic E-state index is 12.8. The molecule has 2 heterocycles. The highest BCUT2D eigenvalue weighted by Crippen LogP contribution is 2.18. The number of benzene rings is 1. The van der Waals surface area contributed by atoms with Crippen molar-refractivity contribution in [2.75, 3.05) is 20.3 Å². The highest BCUT2D eigenvalue weighted by atomic mass is 16.5. The van der Waals surface area contributed by atoms with Gasteiger partial charge in [-0.05, 0) is 38.3 Å². The summed E-state index contributed by atoms with van der Waals surface area (Å²) in [6.07, 6.45) is 1.19. The number of ketones is 1. The first-order valence-corrected chi connectivity index (χ1v) is 9.77. The van der Waals surface area contributed by atoms with Crippen molar-refractivity contribution in [2.24, 2.45) is 0 Å². The number of ether oxygens (including phenoxy) is 1. The van der Waals surface area contributed by atoms with Gasteiger partial charge in [0.2, 0.25) is 0 Å². The number of Topliss-reactive ketones (excluding diaryl/α,β-unsaturated/α-hetero) is 1. The van der Waals surface area contributed by atoms with Crippen LogP contribution in [0.4, 0.5) is 4.79 Å². The molecule has 1 aliphatic rings. The van der Waals surface area contributed by atoms with Crippen LogP contribution < -0.4 is 5.32 Å². The van der Waals surface area contributed by atoms with E-state index >= 15 is 0 Å². The molecule has 1 aliphatic heterocycles. The number of aromatic nitrogens is 1. The Labute approximate surface area is 170 Å². The molecule has 2 aromatic rings. The second-order valence-electron chi connectivity index (χ2n) is 7.30. The van der Waals surface area contributed by atoms with Gasteiger partial charge >= 0.3 is 6.03 Å². The van der Waals surface area contributed by atoms with Crippen LogP contribution in [0.2, 0.25) is 0 Å². The topological polar surface area (TPSA) is 80.6 Å². The van der Waals surface area contributed by atoms with E-state index in [0.717, 1.165) is 21.9 Å². The third kappa shape index (κ3) is 4.56. The van der Waals surface area contributed by atoms with E-state index in [1.54, 1.807) is 13.2 Å². The van der Waals surface area contributed by atoms with Crippen LogP contribution >= 0.6 is 0 Å². The van der Waals surface area contributed by atoms with E-state index in [2.05, 4.69) is 5.32 Å². The zero-order valence-electron chi connectivity index (χ0n) is 17.1. The largest absolute Gasteiger partial charge is 0.383 e. The Morgan fingerprint density at radius 2 is 1.90 bits per heavy atom. The number of nitrogens with zero attached hydrogens (tertiary/aromatic N) is 2. The first kappa shape index (κ1) is 20.8. The molecule has 1 fully saturated rings. The van der Waals surface area contributed by atoms with Crippen molar-refractivity contribution in [2.45, 2.75) is 39.3 Å². The zero-order valence-corrected chi connectivity index (χ0v) is 17.1. The lowest BCUT2D eigenvalue weighted by atomic mass is 10.1. The molecule has 3 rings (SSSR count). The molecule has 3 amide bonds. The Kier molecular flexibility index (Phi) is 6.49. The van der Waals surface area contributed by atoms with E-state index in [-0.39, 0.29) is 18.2 Å². The van der Waals surface area contributed by atoms with Crippen molar-refractivity contribution in [1.29, 1.82) is 0 Å². The molecule has 154 valence electrons. The van der Waals surface area contributed by atoms with Gasteiger partial charge < -0.3 is 14.6 Å². The molecule has 1 aromatic heterocycles. The quantitative estimate of drug-likeness (QED) is 0.521. The Morgan fingerprint density at radius 1 is 1.17 bits per heavy atom. The number of rotatable bonds is 9. The van der Waals surface area contributed by atoms with Gasteiger partial charge in [0.1, 0.15) is 6.04 Å². The standard InChI is InChI=1S/C22H27N3O4/c1-15-13-18(16(2)24(15)11-12-29-3)20(26)14-25-21(27)19(23-22(25)28)10-9-17-7-5-4-6-8-17/h4-8,13,19H,9-12,14H2,1-3H3,(H,23,28)/t19-/m1/s1. The Morgan fingerprint density at radius 3 is 2.59 bits per heavy atom. The summed E-state index contributed by atoms with van der Waals surface area (Å²) >= 11 is 0. The van der Waals surface area contributed by atoms with Crippen LogP contribution in [0.25, 0.3) is 0 Å². The van der Waals surface area contributed by atoms with Crippen LogP contribution in [0, 0.1) is 13.8 Å². The molecule has 0 aliphatic carbocycles. The summed E-state index contributed by atoms with van der Waals surface area (Å²) in [6, 6.07) is 10.5. The number of amides is 3. The zero-order chi connectivity index (χ0) is 21.0. The molecule has 1 atom stereocenters. The van der Waals surface area contributed by atoms with Crippen LogP contribution in [0.3, 0.4) is 0 Å². The van der Waals surface area contributed by atoms with E-state index in [0.29, 0.717) is 31.6 Å². The molecular formula is C22H27N3O4. The molecule has 0 unspecified atom stereocenters. The highest BCUT2D eigenvalue weighted by Gasteiger charge is 2.38. The molecule has 1 aromatic carbocycles. The summed E-state index contributed by atoms with van der Waals surface area (Å²) in [5.41, 5.74) is 3.40. The number of methoxy groups -OCH3 is 1. The first-order valence-electron chi connectivity index (χ1n) is 9.77. The van der Waals surface area contributed by atoms with Gasteiger partial charge in [0.15, 0.2) is 5.78 Å². The van der Waals surface area contributed by atoms with Crippen molar-refractivity contribution < 1.29 is 19.1 Å². The van der Waals surface area contributed by atoms with Gasteiger partial charge in [-0.2, -0.15) is 0 Å². The third-order valence-corrected chi connectivity index (χ3v) is 5.37. The number of hydrogen-bond donors (Lipinski definition) is 1. The second kappa shape index (κ2) is 9.05. The summed E-state index contributed by atoms with van der Waals surface area (Å²) < 4.78 is 7.12. The SMILES string of the molecule is COCCn1c(C)cc(C(=O)CN2C(=O)N[C@H](CCc3ccccc3)C2=O)c1C. The number of nitrogens with one attached hydrogen (secondary N) is 1. The number of imide groups is 1. The fourth-order valence-electron chi connectivity index (χ4n) is 3.72. The van der Waals surface area contributed by atoms with Crippen LogP contribution in [-0.2, 0) is 22.5 Å². The number of carbonyl (C=O) groups is 3. The van der Waals surface area contributed by atoms with Gasteiger partial charge in [-0.1, -0.05) is 30.3 Å². The van der Waals surface area contributed by atoms with Crippen LogP contribution in [0.1, 0.15) is 33.7 Å². The predicted molar refractivity (Wildman–Crippen MR) is 109 cm³/mol. The number of carbonyl (C=O) groups excluding carboxylic acids is 3. The highest BCUT2D eigenvalue weighted by molar-refractivity contribution is 6.09. The normalized spacial score (nSPS) is 16.4. The summed E-state index contributed by atoms with van der Waals surface area (Å²) in [4.78, 5) is 38.8. The van der Waals surface area contributed by atoms with Crippen LogP contribution in [-0.4, -0.2) is 53.5 Å². The fraction of sp³-hybridized carbons (Fsp3) is 0.409. The summed E-state index contributed by atoms with van der Waals surface area (Å²) in [6.45, 7) is 4.73. The molecule has 29 heavy (non-hydrogen) atoms. The summed E-state index contributed by atoms with van der Waals surface area (Å²) in [7, 11) is 1.63. The summed E-state index contributed by atoms with van der Waals surface area (Å²) in [5, 5.41) is 2.70. The lowest BCUT2D eigenvalue weighted by Crippen LogP contribution is -2.36. The molecule has 7 nitrogen and oxygen atoms in total. The fourth-order valence-corrected chi connectivity index (χ4v) is 3.72. The average molecular weight is 397 g/mol. The van der Waals surface area contributed by atoms with Gasteiger partial charge in [-0.3, -0.25) is 14.5 Å².